The predicted octanol–water partition coefficient (Wildman–Crippen LogP) is 7.27. The Bertz CT molecular complexity index is 503. The van der Waals surface area contributed by atoms with Gasteiger partial charge in [0.25, 0.3) is 0 Å². The summed E-state index contributed by atoms with van der Waals surface area (Å²) >= 11 is -0.182. The van der Waals surface area contributed by atoms with Gasteiger partial charge in [-0.3, -0.25) is 0 Å². The van der Waals surface area contributed by atoms with Crippen LogP contribution in [0.4, 0.5) is 0 Å². The maximum atomic E-state index is 12.0. The van der Waals surface area contributed by atoms with Gasteiger partial charge in [0.05, 0.1) is 0 Å². The Morgan fingerprint density at radius 3 is 1.20 bits per heavy atom. The molecule has 0 spiro atoms. The van der Waals surface area contributed by atoms with Crippen molar-refractivity contribution >= 4 is 33.1 Å². The summed E-state index contributed by atoms with van der Waals surface area (Å²) in [5.41, 5.74) is -0.856. The van der Waals surface area contributed by atoms with Crippen molar-refractivity contribution in [2.75, 3.05) is 0 Å². The molecule has 0 heterocycles. The van der Waals surface area contributed by atoms with Gasteiger partial charge in [0, 0.05) is 17.4 Å². The molecule has 0 N–H and O–H groups in total. The van der Waals surface area contributed by atoms with Gasteiger partial charge >= 0.3 is 69.5 Å². The summed E-state index contributed by atoms with van der Waals surface area (Å²) in [5.74, 6) is -2.09. The van der Waals surface area contributed by atoms with Crippen LogP contribution in [0.15, 0.2) is 0 Å². The van der Waals surface area contributed by atoms with Crippen molar-refractivity contribution in [2.24, 2.45) is 5.41 Å². The van der Waals surface area contributed by atoms with Crippen LogP contribution in [0.25, 0.3) is 0 Å². The van der Waals surface area contributed by atoms with Gasteiger partial charge in [0.2, 0.25) is 0 Å². The third kappa shape index (κ3) is 25.2. The van der Waals surface area contributed by atoms with E-state index in [1.807, 2.05) is 0 Å². The molecule has 35 heavy (non-hydrogen) atoms. The van der Waals surface area contributed by atoms with Crippen LogP contribution in [0, 0.1) is 5.41 Å². The summed E-state index contributed by atoms with van der Waals surface area (Å²) in [5, 5.41) is 22.7. The molecule has 0 saturated carbocycles. The molecule has 0 aliphatic heterocycles. The average Bonchev–Trinajstić information content (AvgIpc) is 2.70. The molecule has 4 nitrogen and oxygen atoms in total. The van der Waals surface area contributed by atoms with Crippen LogP contribution in [-0.4, -0.2) is 33.1 Å². The van der Waals surface area contributed by atoms with E-state index in [-0.39, 0.29) is 27.6 Å². The number of unbranched alkanes of at least 4 members (excludes halogenated alkanes) is 10. The fourth-order valence-electron chi connectivity index (χ4n) is 4.86. The molecular weight excluding hydrogens is 543 g/mol. The molecule has 0 aromatic rings. The first-order chi connectivity index (χ1) is 16.2. The fraction of sp³-hybridized carbons (Fsp3) is 0.933. The predicted molar refractivity (Wildman–Crippen MR) is 147 cm³/mol. The molecule has 0 radical (unpaired) electrons. The minimum absolute atomic E-state index is 0.0674. The molecule has 0 aromatic heterocycles. The Balaban J connectivity index is 0. The second-order valence-electron chi connectivity index (χ2n) is 12.5. The Kier molecular flexibility index (Phi) is 21.9. The summed E-state index contributed by atoms with van der Waals surface area (Å²) in [7, 11) is 0. The number of carbonyl (C=O) groups is 2. The summed E-state index contributed by atoms with van der Waals surface area (Å²) < 4.78 is 1.31. The summed E-state index contributed by atoms with van der Waals surface area (Å²) in [6, 6.07) is 0. The van der Waals surface area contributed by atoms with Gasteiger partial charge in [-0.05, 0) is 32.1 Å². The van der Waals surface area contributed by atoms with E-state index < -0.39 is 17.4 Å². The molecule has 0 amide bonds. The van der Waals surface area contributed by atoms with E-state index in [9.17, 15) is 19.8 Å². The fourth-order valence-corrected chi connectivity index (χ4v) is 11.3. The van der Waals surface area contributed by atoms with Crippen LogP contribution in [0.2, 0.25) is 6.86 Å². The molecule has 0 bridgehead atoms. The minimum atomic E-state index is -1.10. The molecule has 0 rings (SSSR count). The van der Waals surface area contributed by atoms with Crippen molar-refractivity contribution in [2.45, 2.75) is 171 Å². The molecule has 0 aromatic carbocycles. The number of rotatable bonds is 19. The van der Waals surface area contributed by atoms with E-state index in [1.54, 1.807) is 0 Å². The number of carbonyl (C=O) groups excluding carboxylic acids is 2. The Labute approximate surface area is 229 Å². The van der Waals surface area contributed by atoms with Crippen molar-refractivity contribution in [3.8, 4) is 0 Å². The SMILES string of the molecule is CCCCCCCCC(CCCCCCCC)(CCCC(=O)[O-])C(=O)[O-].C[C](C)(C)[Sn+2][C](C)(C)C. The van der Waals surface area contributed by atoms with Crippen LogP contribution in [0.1, 0.15) is 165 Å². The molecule has 206 valence electrons. The monoisotopic (exact) mass is 602 g/mol. The van der Waals surface area contributed by atoms with E-state index >= 15 is 0 Å². The van der Waals surface area contributed by atoms with Gasteiger partial charge in [-0.2, -0.15) is 0 Å². The van der Waals surface area contributed by atoms with Crippen LogP contribution in [0.3, 0.4) is 0 Å². The number of hydrogen-bond acceptors (Lipinski definition) is 4. The summed E-state index contributed by atoms with van der Waals surface area (Å²) in [4.78, 5) is 22.7. The van der Waals surface area contributed by atoms with Crippen molar-refractivity contribution < 1.29 is 19.8 Å². The molecule has 0 fully saturated rings. The average molecular weight is 602 g/mol. The Morgan fingerprint density at radius 2 is 0.914 bits per heavy atom. The Morgan fingerprint density at radius 1 is 0.571 bits per heavy atom. The third-order valence-corrected chi connectivity index (χ3v) is 10.5. The first-order valence-electron chi connectivity index (χ1n) is 14.4. The Hall–Kier alpha value is -0.261. The van der Waals surface area contributed by atoms with Crippen molar-refractivity contribution in [3.63, 3.8) is 0 Å². The van der Waals surface area contributed by atoms with E-state index in [2.05, 4.69) is 55.4 Å². The van der Waals surface area contributed by atoms with Gasteiger partial charge in [-0.15, -0.1) is 0 Å². The quantitative estimate of drug-likeness (QED) is 0.115. The second kappa shape index (κ2) is 20.8. The van der Waals surface area contributed by atoms with Crippen LogP contribution >= 0.6 is 0 Å². The second-order valence-corrected chi connectivity index (χ2v) is 21.7. The molecule has 0 saturated heterocycles. The van der Waals surface area contributed by atoms with E-state index in [4.69, 9.17) is 0 Å². The number of carboxylic acid groups (broad SMARTS) is 2. The zero-order valence-electron chi connectivity index (χ0n) is 24.7. The van der Waals surface area contributed by atoms with E-state index in [0.717, 1.165) is 38.5 Å². The molecule has 0 atom stereocenters. The van der Waals surface area contributed by atoms with Crippen molar-refractivity contribution in [1.82, 2.24) is 0 Å². The number of carboxylic acids is 2. The normalized spacial score (nSPS) is 12.0. The number of aliphatic carboxylic acids is 2. The van der Waals surface area contributed by atoms with E-state index in [0.29, 0.717) is 32.5 Å². The van der Waals surface area contributed by atoms with Crippen molar-refractivity contribution in [3.05, 3.63) is 0 Å². The van der Waals surface area contributed by atoms with Gasteiger partial charge < -0.3 is 19.8 Å². The maximum absolute atomic E-state index is 12.0. The van der Waals surface area contributed by atoms with Crippen LogP contribution < -0.4 is 10.2 Å². The van der Waals surface area contributed by atoms with E-state index in [1.165, 1.54) is 38.5 Å². The standard InChI is InChI=1S/C22H42O4.2C4H9.Sn/c1-3-5-7-9-11-13-17-22(21(25)26,19-15-16-20(23)24)18-14-12-10-8-6-4-2;2*1-4(2)3;/h3-19H2,1-2H3,(H,23,24)(H,25,26);2*1-3H3;/q;;;+2/p-2. The topological polar surface area (TPSA) is 80.3 Å². The zero-order valence-corrected chi connectivity index (χ0v) is 27.5. The molecule has 0 aliphatic rings. The van der Waals surface area contributed by atoms with Gasteiger partial charge in [0.15, 0.2) is 0 Å². The molecular formula is C30H58O4Sn. The van der Waals surface area contributed by atoms with Gasteiger partial charge in [-0.25, -0.2) is 0 Å². The van der Waals surface area contributed by atoms with Gasteiger partial charge in [0.1, 0.15) is 0 Å². The third-order valence-electron chi connectivity index (χ3n) is 6.24. The molecule has 0 unspecified atom stereocenters. The molecule has 0 aliphatic carbocycles. The summed E-state index contributed by atoms with van der Waals surface area (Å²) in [6.45, 7) is 18.6. The first-order valence-corrected chi connectivity index (χ1v) is 17.2. The van der Waals surface area contributed by atoms with Crippen LogP contribution in [-0.2, 0) is 9.59 Å². The van der Waals surface area contributed by atoms with Crippen molar-refractivity contribution in [1.29, 1.82) is 0 Å². The first kappa shape index (κ1) is 36.9. The zero-order chi connectivity index (χ0) is 27.4. The van der Waals surface area contributed by atoms with Crippen LogP contribution in [0.5, 0.6) is 0 Å². The molecule has 5 heteroatoms. The summed E-state index contributed by atoms with van der Waals surface area (Å²) in [6.07, 6.45) is 15.4. The number of hydrogen-bond donors (Lipinski definition) is 0. The van der Waals surface area contributed by atoms with Gasteiger partial charge in [-0.1, -0.05) is 90.9 Å².